The van der Waals surface area contributed by atoms with Crippen LogP contribution in [0.2, 0.25) is 0 Å². The minimum Gasteiger partial charge on any atom is -0.465 e. The largest absolute Gasteiger partial charge is 0.465 e. The summed E-state index contributed by atoms with van der Waals surface area (Å²) in [5, 5.41) is 10.1. The molecule has 0 saturated carbocycles. The predicted octanol–water partition coefficient (Wildman–Crippen LogP) is 4.96. The summed E-state index contributed by atoms with van der Waals surface area (Å²) in [6.45, 7) is 1.46. The van der Waals surface area contributed by atoms with Crippen molar-refractivity contribution in [2.75, 3.05) is 23.1 Å². The summed E-state index contributed by atoms with van der Waals surface area (Å²) in [7, 11) is 1.41. The smallest absolute Gasteiger partial charge is 0.341 e. The Kier molecular flexibility index (Phi) is 7.22. The molecule has 8 heteroatoms. The van der Waals surface area contributed by atoms with Crippen molar-refractivity contribution in [1.82, 2.24) is 0 Å². The first-order valence-electron chi connectivity index (χ1n) is 9.66. The number of fused-ring (bicyclic) bond motifs is 1. The van der Waals surface area contributed by atoms with Gasteiger partial charge in [0.25, 0.3) is 0 Å². The monoisotopic (exact) mass is 431 g/mol. The van der Waals surface area contributed by atoms with Crippen LogP contribution in [-0.4, -0.2) is 24.1 Å². The van der Waals surface area contributed by atoms with E-state index in [0.717, 1.165) is 41.9 Å². The number of ether oxygens (including phenoxy) is 1. The van der Waals surface area contributed by atoms with Crippen LogP contribution in [0.5, 0.6) is 0 Å². The van der Waals surface area contributed by atoms with E-state index in [4.69, 9.17) is 17.0 Å². The van der Waals surface area contributed by atoms with Crippen molar-refractivity contribution >= 4 is 56.9 Å². The van der Waals surface area contributed by atoms with Gasteiger partial charge in [-0.05, 0) is 61.7 Å². The molecule has 1 aliphatic carbocycles. The molecule has 154 valence electrons. The number of esters is 1. The molecule has 29 heavy (non-hydrogen) atoms. The average molecular weight is 432 g/mol. The van der Waals surface area contributed by atoms with Gasteiger partial charge >= 0.3 is 5.97 Å². The van der Waals surface area contributed by atoms with Crippen LogP contribution in [0.4, 0.5) is 16.4 Å². The molecule has 0 radical (unpaired) electrons. The SMILES string of the molecule is COC(=O)c1c(NC(=S)Nc2cccc(NC(C)=O)c2)sc2c1CCCCCC2. The molecule has 3 rings (SSSR count). The second-order valence-electron chi connectivity index (χ2n) is 6.95. The molecule has 0 saturated heterocycles. The molecule has 2 aromatic rings. The standard InChI is InChI=1S/C21H25N3O3S2/c1-13(25)22-14-8-7-9-15(12-14)23-21(28)24-19-18(20(26)27-2)16-10-5-3-4-6-11-17(16)29-19/h7-9,12H,3-6,10-11H2,1-2H3,(H,22,25)(H2,23,24,28). The number of carbonyl (C=O) groups excluding carboxylic acids is 2. The van der Waals surface area contributed by atoms with Crippen LogP contribution >= 0.6 is 23.6 Å². The van der Waals surface area contributed by atoms with Crippen LogP contribution < -0.4 is 16.0 Å². The number of thiophene rings is 1. The highest BCUT2D eigenvalue weighted by Crippen LogP contribution is 2.37. The van der Waals surface area contributed by atoms with Crippen LogP contribution in [0.25, 0.3) is 0 Å². The average Bonchev–Trinajstić information content (AvgIpc) is 2.96. The van der Waals surface area contributed by atoms with Gasteiger partial charge in [0.05, 0.1) is 12.7 Å². The summed E-state index contributed by atoms with van der Waals surface area (Å²) in [5.74, 6) is -0.470. The Morgan fingerprint density at radius 1 is 1.03 bits per heavy atom. The molecule has 0 atom stereocenters. The van der Waals surface area contributed by atoms with E-state index < -0.39 is 0 Å². The Morgan fingerprint density at radius 3 is 2.41 bits per heavy atom. The van der Waals surface area contributed by atoms with Gasteiger partial charge in [-0.3, -0.25) is 4.79 Å². The number of amides is 1. The molecule has 0 fully saturated rings. The summed E-state index contributed by atoms with van der Waals surface area (Å²) in [6, 6.07) is 7.28. The van der Waals surface area contributed by atoms with Crippen LogP contribution in [0.1, 0.15) is 53.4 Å². The molecule has 0 bridgehead atoms. The van der Waals surface area contributed by atoms with Crippen LogP contribution in [-0.2, 0) is 22.4 Å². The molecule has 1 aliphatic rings. The highest BCUT2D eigenvalue weighted by Gasteiger charge is 2.25. The van der Waals surface area contributed by atoms with E-state index in [2.05, 4.69) is 16.0 Å². The normalized spacial score (nSPS) is 13.4. The van der Waals surface area contributed by atoms with Crippen molar-refractivity contribution in [1.29, 1.82) is 0 Å². The van der Waals surface area contributed by atoms with E-state index in [1.165, 1.54) is 31.8 Å². The lowest BCUT2D eigenvalue weighted by Gasteiger charge is -2.12. The van der Waals surface area contributed by atoms with Crippen LogP contribution in [0.3, 0.4) is 0 Å². The van der Waals surface area contributed by atoms with E-state index in [0.29, 0.717) is 16.4 Å². The maximum atomic E-state index is 12.5. The lowest BCUT2D eigenvalue weighted by molar-refractivity contribution is -0.114. The van der Waals surface area contributed by atoms with Gasteiger partial charge < -0.3 is 20.7 Å². The third-order valence-electron chi connectivity index (χ3n) is 4.73. The molecular formula is C21H25N3O3S2. The first-order valence-corrected chi connectivity index (χ1v) is 10.9. The summed E-state index contributed by atoms with van der Waals surface area (Å²) in [6.07, 6.45) is 6.47. The minimum absolute atomic E-state index is 0.137. The number of carbonyl (C=O) groups is 2. The van der Waals surface area contributed by atoms with Gasteiger partial charge in [-0.2, -0.15) is 0 Å². The zero-order chi connectivity index (χ0) is 20.8. The van der Waals surface area contributed by atoms with E-state index in [-0.39, 0.29) is 11.9 Å². The van der Waals surface area contributed by atoms with E-state index in [1.807, 2.05) is 12.1 Å². The zero-order valence-electron chi connectivity index (χ0n) is 16.6. The maximum Gasteiger partial charge on any atom is 0.341 e. The first-order chi connectivity index (χ1) is 14.0. The molecule has 6 nitrogen and oxygen atoms in total. The van der Waals surface area contributed by atoms with Gasteiger partial charge in [-0.1, -0.05) is 18.9 Å². The second-order valence-corrected chi connectivity index (χ2v) is 8.47. The van der Waals surface area contributed by atoms with Crippen molar-refractivity contribution < 1.29 is 14.3 Å². The van der Waals surface area contributed by atoms with Gasteiger partial charge in [-0.25, -0.2) is 4.79 Å². The summed E-state index contributed by atoms with van der Waals surface area (Å²) < 4.78 is 5.05. The van der Waals surface area contributed by atoms with Gasteiger partial charge in [0, 0.05) is 23.2 Å². The minimum atomic E-state index is -0.332. The van der Waals surface area contributed by atoms with Gasteiger partial charge in [0.2, 0.25) is 5.91 Å². The quantitative estimate of drug-likeness (QED) is 0.469. The Bertz CT molecular complexity index is 924. The molecule has 1 heterocycles. The van der Waals surface area contributed by atoms with Crippen molar-refractivity contribution in [3.8, 4) is 0 Å². The number of aryl methyl sites for hydroxylation is 1. The number of thiocarbonyl (C=S) groups is 1. The van der Waals surface area contributed by atoms with E-state index in [1.54, 1.807) is 23.5 Å². The van der Waals surface area contributed by atoms with Crippen LogP contribution in [0, 0.1) is 0 Å². The molecule has 1 aromatic heterocycles. The van der Waals surface area contributed by atoms with Gasteiger partial charge in [0.1, 0.15) is 5.00 Å². The number of benzene rings is 1. The number of anilines is 3. The Morgan fingerprint density at radius 2 is 1.72 bits per heavy atom. The van der Waals surface area contributed by atoms with E-state index in [9.17, 15) is 9.59 Å². The van der Waals surface area contributed by atoms with Gasteiger partial charge in [-0.15, -0.1) is 11.3 Å². The molecule has 0 unspecified atom stereocenters. The molecule has 0 aliphatic heterocycles. The second kappa shape index (κ2) is 9.84. The number of hydrogen-bond donors (Lipinski definition) is 3. The molecule has 0 spiro atoms. The van der Waals surface area contributed by atoms with Gasteiger partial charge in [0.15, 0.2) is 5.11 Å². The topological polar surface area (TPSA) is 79.5 Å². The number of hydrogen-bond acceptors (Lipinski definition) is 5. The molecule has 3 N–H and O–H groups in total. The zero-order valence-corrected chi connectivity index (χ0v) is 18.2. The highest BCUT2D eigenvalue weighted by atomic mass is 32.1. The van der Waals surface area contributed by atoms with Crippen molar-refractivity contribution in [3.05, 3.63) is 40.3 Å². The predicted molar refractivity (Wildman–Crippen MR) is 122 cm³/mol. The third-order valence-corrected chi connectivity index (χ3v) is 6.14. The summed E-state index contributed by atoms with van der Waals surface area (Å²) in [5.41, 5.74) is 3.12. The molecular weight excluding hydrogens is 406 g/mol. The third kappa shape index (κ3) is 5.55. The lowest BCUT2D eigenvalue weighted by atomic mass is 9.96. The van der Waals surface area contributed by atoms with Crippen molar-refractivity contribution in [3.63, 3.8) is 0 Å². The first kappa shape index (κ1) is 21.3. The van der Waals surface area contributed by atoms with E-state index >= 15 is 0 Å². The maximum absolute atomic E-state index is 12.5. The summed E-state index contributed by atoms with van der Waals surface area (Å²) >= 11 is 7.05. The molecule has 1 amide bonds. The molecule has 1 aromatic carbocycles. The Balaban J connectivity index is 1.80. The fraction of sp³-hybridized carbons (Fsp3) is 0.381. The fourth-order valence-corrected chi connectivity index (χ4v) is 5.04. The van der Waals surface area contributed by atoms with Crippen LogP contribution in [0.15, 0.2) is 24.3 Å². The Labute approximate surface area is 180 Å². The Hall–Kier alpha value is -2.45. The lowest BCUT2D eigenvalue weighted by Crippen LogP contribution is -2.20. The number of nitrogens with one attached hydrogen (secondary N) is 3. The highest BCUT2D eigenvalue weighted by molar-refractivity contribution is 7.80. The fourth-order valence-electron chi connectivity index (χ4n) is 3.47. The summed E-state index contributed by atoms with van der Waals surface area (Å²) in [4.78, 5) is 25.0. The van der Waals surface area contributed by atoms with Crippen molar-refractivity contribution in [2.24, 2.45) is 0 Å². The van der Waals surface area contributed by atoms with Crippen molar-refractivity contribution in [2.45, 2.75) is 45.4 Å². The number of methoxy groups -OCH3 is 1. The number of rotatable bonds is 4.